The fourth-order valence-corrected chi connectivity index (χ4v) is 1.78. The van der Waals surface area contributed by atoms with Crippen molar-refractivity contribution in [3.63, 3.8) is 0 Å². The first-order valence-corrected chi connectivity index (χ1v) is 7.29. The zero-order valence-corrected chi connectivity index (χ0v) is 13.3. The molecular weight excluding hydrogens is 270 g/mol. The number of carbonyl (C=O) groups excluding carboxylic acids is 1. The molecule has 0 atom stereocenters. The van der Waals surface area contributed by atoms with E-state index in [0.29, 0.717) is 36.8 Å². The molecule has 0 radical (unpaired) electrons. The number of carbonyl (C=O) groups is 1. The van der Waals surface area contributed by atoms with E-state index in [1.165, 1.54) is 0 Å². The summed E-state index contributed by atoms with van der Waals surface area (Å²) < 4.78 is 16.1. The maximum atomic E-state index is 12.0. The van der Waals surface area contributed by atoms with Gasteiger partial charge in [-0.05, 0) is 45.4 Å². The maximum Gasteiger partial charge on any atom is 0.251 e. The van der Waals surface area contributed by atoms with E-state index in [4.69, 9.17) is 14.2 Å². The van der Waals surface area contributed by atoms with E-state index >= 15 is 0 Å². The van der Waals surface area contributed by atoms with Gasteiger partial charge in [0.05, 0.1) is 13.2 Å². The molecule has 118 valence electrons. The summed E-state index contributed by atoms with van der Waals surface area (Å²) in [5.74, 6) is 1.08. The lowest BCUT2D eigenvalue weighted by Gasteiger charge is -2.14. The second-order valence-electron chi connectivity index (χ2n) is 4.84. The predicted molar refractivity (Wildman–Crippen MR) is 82.2 cm³/mol. The highest BCUT2D eigenvalue weighted by molar-refractivity contribution is 5.94. The van der Waals surface area contributed by atoms with Gasteiger partial charge in [0.1, 0.15) is 0 Å². The van der Waals surface area contributed by atoms with E-state index in [-0.39, 0.29) is 12.0 Å². The van der Waals surface area contributed by atoms with Crippen molar-refractivity contribution >= 4 is 5.91 Å². The summed E-state index contributed by atoms with van der Waals surface area (Å²) in [7, 11) is 1.56. The first kappa shape index (κ1) is 17.3. The highest BCUT2D eigenvalue weighted by Gasteiger charge is 2.11. The lowest BCUT2D eigenvalue weighted by atomic mass is 10.2. The third-order valence-corrected chi connectivity index (χ3v) is 2.74. The van der Waals surface area contributed by atoms with Crippen molar-refractivity contribution in [2.45, 2.75) is 33.3 Å². The maximum absolute atomic E-state index is 12.0. The quantitative estimate of drug-likeness (QED) is 0.712. The van der Waals surface area contributed by atoms with Crippen LogP contribution < -0.4 is 14.8 Å². The standard InChI is InChI=1S/C16H25NO4/c1-5-20-10-6-9-17-16(18)13-7-8-14(21-12(2)3)15(11-13)19-4/h7-8,11-12H,5-6,9-10H2,1-4H3,(H,17,18). The summed E-state index contributed by atoms with van der Waals surface area (Å²) in [6.07, 6.45) is 0.850. The fraction of sp³-hybridized carbons (Fsp3) is 0.562. The van der Waals surface area contributed by atoms with Crippen LogP contribution in [0.25, 0.3) is 0 Å². The molecule has 5 heteroatoms. The zero-order chi connectivity index (χ0) is 15.7. The molecule has 1 rings (SSSR count). The van der Waals surface area contributed by atoms with Crippen LogP contribution in [0.3, 0.4) is 0 Å². The molecule has 0 aromatic heterocycles. The van der Waals surface area contributed by atoms with Crippen LogP contribution in [0.5, 0.6) is 11.5 Å². The Morgan fingerprint density at radius 1 is 1.29 bits per heavy atom. The molecule has 1 aromatic carbocycles. The van der Waals surface area contributed by atoms with E-state index in [1.54, 1.807) is 25.3 Å². The molecule has 0 aliphatic carbocycles. The molecule has 21 heavy (non-hydrogen) atoms. The number of amides is 1. The first-order chi connectivity index (χ1) is 10.1. The number of ether oxygens (including phenoxy) is 3. The Balaban J connectivity index is 2.60. The van der Waals surface area contributed by atoms with Crippen molar-refractivity contribution in [2.24, 2.45) is 0 Å². The molecule has 0 spiro atoms. The third kappa shape index (κ3) is 6.04. The number of nitrogens with one attached hydrogen (secondary N) is 1. The number of hydrogen-bond donors (Lipinski definition) is 1. The van der Waals surface area contributed by atoms with Gasteiger partial charge in [-0.15, -0.1) is 0 Å². The van der Waals surface area contributed by atoms with Gasteiger partial charge in [-0.1, -0.05) is 0 Å². The smallest absolute Gasteiger partial charge is 0.251 e. The molecule has 0 bridgehead atoms. The predicted octanol–water partition coefficient (Wildman–Crippen LogP) is 2.64. The summed E-state index contributed by atoms with van der Waals surface area (Å²) in [6, 6.07) is 5.18. The average molecular weight is 295 g/mol. The zero-order valence-electron chi connectivity index (χ0n) is 13.3. The lowest BCUT2D eigenvalue weighted by Crippen LogP contribution is -2.25. The highest BCUT2D eigenvalue weighted by Crippen LogP contribution is 2.28. The normalized spacial score (nSPS) is 10.5. The summed E-state index contributed by atoms with van der Waals surface area (Å²) in [5, 5.41) is 2.85. The summed E-state index contributed by atoms with van der Waals surface area (Å²) in [5.41, 5.74) is 0.555. The molecular formula is C16H25NO4. The SMILES string of the molecule is CCOCCCNC(=O)c1ccc(OC(C)C)c(OC)c1. The van der Waals surface area contributed by atoms with Gasteiger partial charge in [-0.3, -0.25) is 4.79 Å². The largest absolute Gasteiger partial charge is 0.493 e. The van der Waals surface area contributed by atoms with Crippen LogP contribution in [-0.2, 0) is 4.74 Å². The topological polar surface area (TPSA) is 56.8 Å². The first-order valence-electron chi connectivity index (χ1n) is 7.29. The molecule has 0 fully saturated rings. The minimum Gasteiger partial charge on any atom is -0.493 e. The molecule has 0 aliphatic heterocycles. The molecule has 0 aliphatic rings. The Hall–Kier alpha value is -1.75. The van der Waals surface area contributed by atoms with Crippen LogP contribution in [-0.4, -0.2) is 38.9 Å². The van der Waals surface area contributed by atoms with Crippen LogP contribution in [0, 0.1) is 0 Å². The van der Waals surface area contributed by atoms with Crippen LogP contribution in [0.1, 0.15) is 37.6 Å². The molecule has 1 N–H and O–H groups in total. The van der Waals surface area contributed by atoms with Gasteiger partial charge in [-0.25, -0.2) is 0 Å². The van der Waals surface area contributed by atoms with Crippen LogP contribution >= 0.6 is 0 Å². The number of hydrogen-bond acceptors (Lipinski definition) is 4. The molecule has 0 unspecified atom stereocenters. The molecule has 0 saturated carbocycles. The number of benzene rings is 1. The Kier molecular flexibility index (Phi) is 7.61. The minimum absolute atomic E-state index is 0.0529. The van der Waals surface area contributed by atoms with Crippen LogP contribution in [0.2, 0.25) is 0 Å². The van der Waals surface area contributed by atoms with Gasteiger partial charge in [0.2, 0.25) is 0 Å². The van der Waals surface area contributed by atoms with E-state index in [1.807, 2.05) is 20.8 Å². The Morgan fingerprint density at radius 3 is 2.67 bits per heavy atom. The fourth-order valence-electron chi connectivity index (χ4n) is 1.78. The summed E-state index contributed by atoms with van der Waals surface area (Å²) >= 11 is 0. The van der Waals surface area contributed by atoms with Gasteiger partial charge < -0.3 is 19.5 Å². The number of methoxy groups -OCH3 is 1. The monoisotopic (exact) mass is 295 g/mol. The second kappa shape index (κ2) is 9.23. The molecule has 1 aromatic rings. The van der Waals surface area contributed by atoms with E-state index in [9.17, 15) is 4.79 Å². The average Bonchev–Trinajstić information content (AvgIpc) is 2.46. The Morgan fingerprint density at radius 2 is 2.05 bits per heavy atom. The van der Waals surface area contributed by atoms with Crippen LogP contribution in [0.4, 0.5) is 0 Å². The van der Waals surface area contributed by atoms with Crippen molar-refractivity contribution in [1.82, 2.24) is 5.32 Å². The molecule has 0 saturated heterocycles. The van der Waals surface area contributed by atoms with Gasteiger partial charge in [0.25, 0.3) is 5.91 Å². The summed E-state index contributed by atoms with van der Waals surface area (Å²) in [4.78, 5) is 12.0. The lowest BCUT2D eigenvalue weighted by molar-refractivity contribution is 0.0944. The van der Waals surface area contributed by atoms with Crippen LogP contribution in [0.15, 0.2) is 18.2 Å². The minimum atomic E-state index is -0.124. The second-order valence-corrected chi connectivity index (χ2v) is 4.84. The van der Waals surface area contributed by atoms with Crippen molar-refractivity contribution in [3.05, 3.63) is 23.8 Å². The van der Waals surface area contributed by atoms with Crippen molar-refractivity contribution in [1.29, 1.82) is 0 Å². The molecule has 0 heterocycles. The van der Waals surface area contributed by atoms with E-state index in [0.717, 1.165) is 6.42 Å². The number of rotatable bonds is 9. The van der Waals surface area contributed by atoms with Crippen molar-refractivity contribution < 1.29 is 19.0 Å². The molecule has 5 nitrogen and oxygen atoms in total. The van der Waals surface area contributed by atoms with Gasteiger partial charge in [0, 0.05) is 25.3 Å². The Bertz CT molecular complexity index is 446. The van der Waals surface area contributed by atoms with E-state index in [2.05, 4.69) is 5.32 Å². The highest BCUT2D eigenvalue weighted by atomic mass is 16.5. The van der Waals surface area contributed by atoms with E-state index < -0.39 is 0 Å². The van der Waals surface area contributed by atoms with Crippen molar-refractivity contribution in [2.75, 3.05) is 26.9 Å². The van der Waals surface area contributed by atoms with Gasteiger partial charge in [-0.2, -0.15) is 0 Å². The molecule has 1 amide bonds. The summed E-state index contributed by atoms with van der Waals surface area (Å²) in [6.45, 7) is 7.78. The van der Waals surface area contributed by atoms with Gasteiger partial charge in [0.15, 0.2) is 11.5 Å². The van der Waals surface area contributed by atoms with Crippen molar-refractivity contribution in [3.8, 4) is 11.5 Å². The van der Waals surface area contributed by atoms with Gasteiger partial charge >= 0.3 is 0 Å². The Labute approximate surface area is 126 Å². The third-order valence-electron chi connectivity index (χ3n) is 2.74.